The van der Waals surface area contributed by atoms with E-state index in [1.165, 1.54) is 0 Å². The Labute approximate surface area is 67.8 Å². The Morgan fingerprint density at radius 1 is 1.70 bits per heavy atom. The maximum absolute atomic E-state index is 10.6. The Morgan fingerprint density at radius 2 is 2.20 bits per heavy atom. The number of rotatable bonds is 3. The topological polar surface area (TPSA) is 55.1 Å². The van der Waals surface area contributed by atoms with Gasteiger partial charge in [0, 0.05) is 13.5 Å². The number of carbonyl (C=O) groups excluding carboxylic acids is 1. The van der Waals surface area contributed by atoms with Crippen LogP contribution in [-0.2, 0) is 4.79 Å². The molecule has 0 spiro atoms. The summed E-state index contributed by atoms with van der Waals surface area (Å²) in [6.07, 6.45) is 0.535. The molecule has 0 radical (unpaired) electrons. The van der Waals surface area contributed by atoms with Gasteiger partial charge >= 0.3 is 0 Å². The van der Waals surface area contributed by atoms with Crippen molar-refractivity contribution in [2.75, 3.05) is 13.6 Å². The van der Waals surface area contributed by atoms with Crippen LogP contribution in [0.15, 0.2) is 0 Å². The van der Waals surface area contributed by atoms with E-state index in [-0.39, 0.29) is 18.3 Å². The molecule has 0 bridgehead atoms. The number of hydrogen-bond donors (Lipinski definition) is 2. The van der Waals surface area contributed by atoms with Crippen LogP contribution >= 0.6 is 12.4 Å². The molecule has 0 saturated heterocycles. The lowest BCUT2D eigenvalue weighted by Crippen LogP contribution is -2.23. The van der Waals surface area contributed by atoms with Crippen molar-refractivity contribution in [3.63, 3.8) is 0 Å². The van der Waals surface area contributed by atoms with Gasteiger partial charge in [0.1, 0.15) is 0 Å². The second-order valence-electron chi connectivity index (χ2n) is 2.22. The molecule has 0 aliphatic heterocycles. The predicted molar refractivity (Wildman–Crippen MR) is 44.2 cm³/mol. The summed E-state index contributed by atoms with van der Waals surface area (Å²) in [5, 5.41) is 2.54. The summed E-state index contributed by atoms with van der Waals surface area (Å²) in [6, 6.07) is 0. The highest BCUT2D eigenvalue weighted by molar-refractivity contribution is 5.85. The molecule has 0 heterocycles. The van der Waals surface area contributed by atoms with Crippen LogP contribution in [0.1, 0.15) is 13.3 Å². The first-order valence-corrected chi connectivity index (χ1v) is 3.11. The van der Waals surface area contributed by atoms with Gasteiger partial charge in [0.25, 0.3) is 0 Å². The van der Waals surface area contributed by atoms with Crippen LogP contribution in [0.3, 0.4) is 0 Å². The fraction of sp³-hybridized carbons (Fsp3) is 0.833. The molecule has 62 valence electrons. The lowest BCUT2D eigenvalue weighted by atomic mass is 10.1. The van der Waals surface area contributed by atoms with E-state index in [9.17, 15) is 4.79 Å². The van der Waals surface area contributed by atoms with Crippen LogP contribution in [0.25, 0.3) is 0 Å². The van der Waals surface area contributed by atoms with Crippen LogP contribution in [0.4, 0.5) is 0 Å². The number of amides is 1. The number of hydrogen-bond acceptors (Lipinski definition) is 2. The van der Waals surface area contributed by atoms with Crippen molar-refractivity contribution >= 4 is 18.3 Å². The third-order valence-electron chi connectivity index (χ3n) is 1.22. The molecule has 1 unspecified atom stereocenters. The molecular weight excluding hydrogens is 152 g/mol. The molecule has 4 heteroatoms. The minimum absolute atomic E-state index is 0. The first-order chi connectivity index (χ1) is 4.20. The van der Waals surface area contributed by atoms with Gasteiger partial charge in [-0.15, -0.1) is 12.4 Å². The predicted octanol–water partition coefficient (Wildman–Crippen LogP) is 0.139. The van der Waals surface area contributed by atoms with E-state index in [0.29, 0.717) is 18.9 Å². The SMILES string of the molecule is CNC(=O)CC(C)CN.Cl. The number of carbonyl (C=O) groups is 1. The molecule has 1 amide bonds. The van der Waals surface area contributed by atoms with Crippen molar-refractivity contribution in [2.24, 2.45) is 11.7 Å². The molecule has 0 aliphatic rings. The standard InChI is InChI=1S/C6H14N2O.ClH/c1-5(4-7)3-6(9)8-2;/h5H,3-4,7H2,1-2H3,(H,8,9);1H. The quantitative estimate of drug-likeness (QED) is 0.627. The lowest BCUT2D eigenvalue weighted by Gasteiger charge is -2.04. The molecule has 0 fully saturated rings. The zero-order valence-electron chi connectivity index (χ0n) is 6.39. The molecule has 0 aromatic rings. The van der Waals surface area contributed by atoms with Crippen LogP contribution < -0.4 is 11.1 Å². The molecule has 0 aromatic carbocycles. The lowest BCUT2D eigenvalue weighted by molar-refractivity contribution is -0.121. The molecule has 3 nitrogen and oxygen atoms in total. The number of nitrogens with one attached hydrogen (secondary N) is 1. The molecule has 10 heavy (non-hydrogen) atoms. The molecule has 0 saturated carbocycles. The first-order valence-electron chi connectivity index (χ1n) is 3.11. The third kappa shape index (κ3) is 5.85. The van der Waals surface area contributed by atoms with Crippen molar-refractivity contribution in [3.05, 3.63) is 0 Å². The largest absolute Gasteiger partial charge is 0.359 e. The zero-order valence-corrected chi connectivity index (χ0v) is 7.20. The van der Waals surface area contributed by atoms with Crippen LogP contribution in [0, 0.1) is 5.92 Å². The summed E-state index contributed by atoms with van der Waals surface area (Å²) in [4.78, 5) is 10.6. The number of halogens is 1. The summed E-state index contributed by atoms with van der Waals surface area (Å²) >= 11 is 0. The molecule has 1 atom stereocenters. The fourth-order valence-corrected chi connectivity index (χ4v) is 0.502. The van der Waals surface area contributed by atoms with Gasteiger partial charge in [0.2, 0.25) is 5.91 Å². The van der Waals surface area contributed by atoms with E-state index in [4.69, 9.17) is 5.73 Å². The van der Waals surface area contributed by atoms with E-state index in [1.807, 2.05) is 6.92 Å². The number of nitrogens with two attached hydrogens (primary N) is 1. The molecule has 3 N–H and O–H groups in total. The maximum Gasteiger partial charge on any atom is 0.220 e. The van der Waals surface area contributed by atoms with Crippen molar-refractivity contribution in [3.8, 4) is 0 Å². The Kier molecular flexibility index (Phi) is 8.48. The smallest absolute Gasteiger partial charge is 0.220 e. The van der Waals surface area contributed by atoms with Gasteiger partial charge in [-0.25, -0.2) is 0 Å². The van der Waals surface area contributed by atoms with Crippen LogP contribution in [0.2, 0.25) is 0 Å². The summed E-state index contributed by atoms with van der Waals surface area (Å²) in [5.74, 6) is 0.359. The van der Waals surface area contributed by atoms with Crippen molar-refractivity contribution in [1.82, 2.24) is 5.32 Å². The Morgan fingerprint density at radius 3 is 2.50 bits per heavy atom. The van der Waals surface area contributed by atoms with Gasteiger partial charge < -0.3 is 11.1 Å². The summed E-state index contributed by atoms with van der Waals surface area (Å²) in [6.45, 7) is 2.53. The molecule has 0 rings (SSSR count). The van der Waals surface area contributed by atoms with Gasteiger partial charge in [-0.1, -0.05) is 6.92 Å². The molecular formula is C6H15ClN2O. The van der Waals surface area contributed by atoms with E-state index < -0.39 is 0 Å². The van der Waals surface area contributed by atoms with Gasteiger partial charge in [0.05, 0.1) is 0 Å². The second kappa shape index (κ2) is 6.83. The van der Waals surface area contributed by atoms with Crippen molar-refractivity contribution in [2.45, 2.75) is 13.3 Å². The highest BCUT2D eigenvalue weighted by Crippen LogP contribution is 1.96. The second-order valence-corrected chi connectivity index (χ2v) is 2.22. The fourth-order valence-electron chi connectivity index (χ4n) is 0.502. The Hall–Kier alpha value is -0.280. The van der Waals surface area contributed by atoms with Crippen LogP contribution in [-0.4, -0.2) is 19.5 Å². The molecule has 0 aliphatic carbocycles. The van der Waals surface area contributed by atoms with E-state index in [0.717, 1.165) is 0 Å². The highest BCUT2D eigenvalue weighted by Gasteiger charge is 2.03. The average Bonchev–Trinajstić information content (AvgIpc) is 1.87. The summed E-state index contributed by atoms with van der Waals surface area (Å²) in [5.41, 5.74) is 5.30. The van der Waals surface area contributed by atoms with Gasteiger partial charge in [-0.3, -0.25) is 4.79 Å². The Balaban J connectivity index is 0. The highest BCUT2D eigenvalue weighted by atomic mass is 35.5. The third-order valence-corrected chi connectivity index (χ3v) is 1.22. The van der Waals surface area contributed by atoms with E-state index in [1.54, 1.807) is 7.05 Å². The van der Waals surface area contributed by atoms with Gasteiger partial charge in [0.15, 0.2) is 0 Å². The van der Waals surface area contributed by atoms with E-state index >= 15 is 0 Å². The average molecular weight is 167 g/mol. The summed E-state index contributed by atoms with van der Waals surface area (Å²) < 4.78 is 0. The minimum Gasteiger partial charge on any atom is -0.359 e. The van der Waals surface area contributed by atoms with E-state index in [2.05, 4.69) is 5.32 Å². The van der Waals surface area contributed by atoms with Crippen LogP contribution in [0.5, 0.6) is 0 Å². The van der Waals surface area contributed by atoms with Gasteiger partial charge in [-0.2, -0.15) is 0 Å². The normalized spacial score (nSPS) is 11.5. The summed E-state index contributed by atoms with van der Waals surface area (Å²) in [7, 11) is 1.63. The minimum atomic E-state index is 0. The molecule has 0 aromatic heterocycles. The maximum atomic E-state index is 10.6. The first kappa shape index (κ1) is 12.4. The monoisotopic (exact) mass is 166 g/mol. The van der Waals surface area contributed by atoms with Crippen molar-refractivity contribution in [1.29, 1.82) is 0 Å². The Bertz CT molecular complexity index is 97.7. The van der Waals surface area contributed by atoms with Crippen molar-refractivity contribution < 1.29 is 4.79 Å². The zero-order chi connectivity index (χ0) is 7.28. The van der Waals surface area contributed by atoms with Gasteiger partial charge in [-0.05, 0) is 12.5 Å².